The van der Waals surface area contributed by atoms with E-state index in [0.29, 0.717) is 30.5 Å². The van der Waals surface area contributed by atoms with E-state index in [9.17, 15) is 0 Å². The molecule has 0 aromatic carbocycles. The number of methoxy groups -OCH3 is 1. The molecule has 0 unspecified atom stereocenters. The zero-order chi connectivity index (χ0) is 18.0. The molecule has 0 radical (unpaired) electrons. The van der Waals surface area contributed by atoms with E-state index in [1.54, 1.807) is 19.4 Å². The Kier molecular flexibility index (Phi) is 15.6. The van der Waals surface area contributed by atoms with Gasteiger partial charge in [0.25, 0.3) is 0 Å². The molecule has 5 heteroatoms. The van der Waals surface area contributed by atoms with Crippen LogP contribution in [0.25, 0.3) is 0 Å². The second-order valence-corrected chi connectivity index (χ2v) is 5.49. The van der Waals surface area contributed by atoms with E-state index in [4.69, 9.17) is 25.8 Å². The summed E-state index contributed by atoms with van der Waals surface area (Å²) in [4.78, 5) is 4.08. The molecule has 0 amide bonds. The predicted octanol–water partition coefficient (Wildman–Crippen LogP) is 4.68. The highest BCUT2D eigenvalue weighted by atomic mass is 35.5. The molecular formula is C19H30ClNO3. The molecule has 0 aliphatic carbocycles. The van der Waals surface area contributed by atoms with E-state index < -0.39 is 0 Å². The van der Waals surface area contributed by atoms with Crippen molar-refractivity contribution >= 4 is 17.8 Å². The van der Waals surface area contributed by atoms with Crippen LogP contribution in [0.2, 0.25) is 0 Å². The van der Waals surface area contributed by atoms with Crippen LogP contribution in [0.15, 0.2) is 52.7 Å². The van der Waals surface area contributed by atoms with Crippen LogP contribution >= 0.6 is 11.6 Å². The van der Waals surface area contributed by atoms with E-state index in [-0.39, 0.29) is 0 Å². The van der Waals surface area contributed by atoms with Crippen molar-refractivity contribution in [3.63, 3.8) is 0 Å². The maximum absolute atomic E-state index is 6.12. The number of aliphatic imine (C=N–C) groups is 1. The number of ether oxygens (including phenoxy) is 3. The van der Waals surface area contributed by atoms with Gasteiger partial charge in [-0.15, -0.1) is 0 Å². The van der Waals surface area contributed by atoms with Gasteiger partial charge in [-0.1, -0.05) is 36.9 Å². The van der Waals surface area contributed by atoms with Crippen LogP contribution in [0.3, 0.4) is 0 Å². The van der Waals surface area contributed by atoms with Crippen LogP contribution in [0, 0.1) is 0 Å². The molecule has 0 rings (SSSR count). The van der Waals surface area contributed by atoms with Gasteiger partial charge in [0.2, 0.25) is 0 Å². The van der Waals surface area contributed by atoms with E-state index in [2.05, 4.69) is 18.2 Å². The van der Waals surface area contributed by atoms with E-state index in [1.165, 1.54) is 0 Å². The highest BCUT2D eigenvalue weighted by molar-refractivity contribution is 6.31. The van der Waals surface area contributed by atoms with Gasteiger partial charge in [0.15, 0.2) is 0 Å². The third-order valence-corrected chi connectivity index (χ3v) is 3.31. The van der Waals surface area contributed by atoms with Crippen LogP contribution in [-0.4, -0.2) is 46.3 Å². The van der Waals surface area contributed by atoms with Gasteiger partial charge >= 0.3 is 0 Å². The molecule has 0 aliphatic heterocycles. The minimum atomic E-state index is 0.618. The lowest BCUT2D eigenvalue weighted by Gasteiger charge is -2.04. The monoisotopic (exact) mass is 355 g/mol. The number of unbranched alkanes of at least 4 members (excludes halogenated alkanes) is 1. The number of allylic oxidation sites excluding steroid dienone is 4. The van der Waals surface area contributed by atoms with Crippen molar-refractivity contribution < 1.29 is 14.2 Å². The number of rotatable bonds is 15. The molecule has 0 saturated carbocycles. The molecule has 0 aromatic rings. The Hall–Kier alpha value is -1.36. The van der Waals surface area contributed by atoms with Crippen molar-refractivity contribution in [2.75, 3.05) is 40.1 Å². The number of hydrogen-bond acceptors (Lipinski definition) is 4. The van der Waals surface area contributed by atoms with Gasteiger partial charge in [-0.25, -0.2) is 0 Å². The Morgan fingerprint density at radius 1 is 1.12 bits per heavy atom. The molecule has 0 bridgehead atoms. The highest BCUT2D eigenvalue weighted by Gasteiger charge is 1.96. The molecule has 0 N–H and O–H groups in total. The Bertz CT molecular complexity index is 442. The minimum absolute atomic E-state index is 0.618. The minimum Gasteiger partial charge on any atom is -0.497 e. The summed E-state index contributed by atoms with van der Waals surface area (Å²) in [5.41, 5.74) is 0.912. The Labute approximate surface area is 151 Å². The van der Waals surface area contributed by atoms with Crippen LogP contribution in [0.4, 0.5) is 0 Å². The molecule has 0 aliphatic rings. The van der Waals surface area contributed by atoms with Gasteiger partial charge in [0.05, 0.1) is 26.9 Å². The first-order chi connectivity index (χ1) is 11.6. The molecule has 0 atom stereocenters. The fourth-order valence-electron chi connectivity index (χ4n) is 1.67. The quantitative estimate of drug-likeness (QED) is 0.185. The maximum Gasteiger partial charge on any atom is 0.114 e. The average Bonchev–Trinajstić information content (AvgIpc) is 2.58. The lowest BCUT2D eigenvalue weighted by Crippen LogP contribution is -2.02. The van der Waals surface area contributed by atoms with Crippen molar-refractivity contribution in [1.82, 2.24) is 0 Å². The van der Waals surface area contributed by atoms with Gasteiger partial charge in [0, 0.05) is 24.5 Å². The Morgan fingerprint density at radius 3 is 2.42 bits per heavy atom. The van der Waals surface area contributed by atoms with Crippen molar-refractivity contribution in [1.29, 1.82) is 0 Å². The number of hydrogen-bond donors (Lipinski definition) is 0. The average molecular weight is 356 g/mol. The largest absolute Gasteiger partial charge is 0.497 e. The molecule has 0 heterocycles. The van der Waals surface area contributed by atoms with Crippen molar-refractivity contribution in [3.8, 4) is 0 Å². The summed E-state index contributed by atoms with van der Waals surface area (Å²) in [6.07, 6.45) is 9.86. The Morgan fingerprint density at radius 2 is 1.79 bits per heavy atom. The van der Waals surface area contributed by atoms with Crippen LogP contribution in [0.5, 0.6) is 0 Å². The zero-order valence-corrected chi connectivity index (χ0v) is 15.7. The third-order valence-electron chi connectivity index (χ3n) is 3.05. The second-order valence-electron chi connectivity index (χ2n) is 5.06. The molecule has 136 valence electrons. The maximum atomic E-state index is 6.12. The van der Waals surface area contributed by atoms with Gasteiger partial charge in [0.1, 0.15) is 5.76 Å². The summed E-state index contributed by atoms with van der Waals surface area (Å²) in [5, 5.41) is 0.668. The fourth-order valence-corrected chi connectivity index (χ4v) is 1.94. The summed E-state index contributed by atoms with van der Waals surface area (Å²) in [7, 11) is 1.59. The van der Waals surface area contributed by atoms with E-state index in [0.717, 1.165) is 38.0 Å². The lowest BCUT2D eigenvalue weighted by molar-refractivity contribution is 0.108. The third kappa shape index (κ3) is 14.2. The first-order valence-electron chi connectivity index (χ1n) is 8.15. The topological polar surface area (TPSA) is 40.0 Å². The van der Waals surface area contributed by atoms with Crippen molar-refractivity contribution in [3.05, 3.63) is 47.8 Å². The van der Waals surface area contributed by atoms with E-state index >= 15 is 0 Å². The SMILES string of the molecule is C=CC=NCCOCCCCOCC/C=C(Cl)\C=C(\C)C(=C)OC. The summed E-state index contributed by atoms with van der Waals surface area (Å²) in [6.45, 7) is 12.7. The molecule has 0 fully saturated rings. The first-order valence-corrected chi connectivity index (χ1v) is 8.53. The summed E-state index contributed by atoms with van der Waals surface area (Å²) in [5.74, 6) is 0.618. The summed E-state index contributed by atoms with van der Waals surface area (Å²) in [6, 6.07) is 0. The smallest absolute Gasteiger partial charge is 0.114 e. The number of nitrogens with zero attached hydrogens (tertiary/aromatic N) is 1. The fraction of sp³-hybridized carbons (Fsp3) is 0.526. The standard InChI is InChI=1S/C19H30ClNO3/c1-5-10-21-11-15-24-13-7-6-12-23-14-8-9-19(20)16-17(2)18(3)22-4/h5,9-10,16H,1,3,6-8,11-15H2,2,4H3/b17-16-,19-9+,21-10?. The highest BCUT2D eigenvalue weighted by Crippen LogP contribution is 2.14. The zero-order valence-electron chi connectivity index (χ0n) is 14.9. The normalized spacial score (nSPS) is 12.6. The molecule has 0 saturated heterocycles. The van der Waals surface area contributed by atoms with Crippen LogP contribution in [-0.2, 0) is 14.2 Å². The molecule has 0 aromatic heterocycles. The predicted molar refractivity (Wildman–Crippen MR) is 103 cm³/mol. The second kappa shape index (κ2) is 16.5. The lowest BCUT2D eigenvalue weighted by atomic mass is 10.2. The molecule has 4 nitrogen and oxygen atoms in total. The van der Waals surface area contributed by atoms with Gasteiger partial charge in [-0.05, 0) is 37.8 Å². The first kappa shape index (κ1) is 22.6. The van der Waals surface area contributed by atoms with Crippen molar-refractivity contribution in [2.24, 2.45) is 4.99 Å². The summed E-state index contributed by atoms with van der Waals surface area (Å²) >= 11 is 6.12. The van der Waals surface area contributed by atoms with Crippen molar-refractivity contribution in [2.45, 2.75) is 26.2 Å². The van der Waals surface area contributed by atoms with Gasteiger partial charge in [-0.3, -0.25) is 4.99 Å². The van der Waals surface area contributed by atoms with Gasteiger partial charge < -0.3 is 14.2 Å². The van der Waals surface area contributed by atoms with E-state index in [1.807, 2.05) is 19.1 Å². The summed E-state index contributed by atoms with van der Waals surface area (Å²) < 4.78 is 16.1. The molecule has 24 heavy (non-hydrogen) atoms. The van der Waals surface area contributed by atoms with Crippen LogP contribution < -0.4 is 0 Å². The van der Waals surface area contributed by atoms with Gasteiger partial charge in [-0.2, -0.15) is 0 Å². The van der Waals surface area contributed by atoms with Crippen LogP contribution in [0.1, 0.15) is 26.2 Å². The Balaban J connectivity index is 3.53. The number of halogens is 1. The molecular weight excluding hydrogens is 326 g/mol. The molecule has 0 spiro atoms.